The van der Waals surface area contributed by atoms with Crippen molar-refractivity contribution < 1.29 is 24.2 Å². The third-order valence-corrected chi connectivity index (χ3v) is 3.05. The van der Waals surface area contributed by atoms with E-state index in [0.717, 1.165) is 12.8 Å². The Kier molecular flexibility index (Phi) is 7.76. The van der Waals surface area contributed by atoms with Crippen LogP contribution in [-0.4, -0.2) is 42.1 Å². The van der Waals surface area contributed by atoms with E-state index in [-0.39, 0.29) is 5.91 Å². The van der Waals surface area contributed by atoms with Crippen LogP contribution in [0.1, 0.15) is 37.0 Å². The van der Waals surface area contributed by atoms with Gasteiger partial charge in [-0.15, -0.1) is 0 Å². The van der Waals surface area contributed by atoms with Gasteiger partial charge in [-0.1, -0.05) is 13.3 Å². The van der Waals surface area contributed by atoms with Gasteiger partial charge in [0.1, 0.15) is 12.6 Å². The van der Waals surface area contributed by atoms with Gasteiger partial charge in [0, 0.05) is 17.9 Å². The van der Waals surface area contributed by atoms with Crippen LogP contribution in [0, 0.1) is 0 Å². The first kappa shape index (κ1) is 18.6. The number of benzene rings is 1. The highest BCUT2D eigenvalue weighted by molar-refractivity contribution is 5.97. The predicted octanol–water partition coefficient (Wildman–Crippen LogP) is 1.64. The van der Waals surface area contributed by atoms with E-state index < -0.39 is 24.5 Å². The molecule has 7 nitrogen and oxygen atoms in total. The van der Waals surface area contributed by atoms with Gasteiger partial charge < -0.3 is 20.5 Å². The van der Waals surface area contributed by atoms with Crippen LogP contribution >= 0.6 is 0 Å². The Morgan fingerprint density at radius 3 is 2.43 bits per heavy atom. The van der Waals surface area contributed by atoms with Crippen LogP contribution in [0.25, 0.3) is 0 Å². The van der Waals surface area contributed by atoms with E-state index in [1.165, 1.54) is 12.1 Å². The number of carboxylic acids is 1. The summed E-state index contributed by atoms with van der Waals surface area (Å²) in [6.07, 6.45) is 1.34. The summed E-state index contributed by atoms with van der Waals surface area (Å²) in [6, 6.07) is 6.17. The van der Waals surface area contributed by atoms with Crippen LogP contribution in [-0.2, 0) is 14.3 Å². The van der Waals surface area contributed by atoms with Crippen molar-refractivity contribution in [3.8, 4) is 0 Å². The second-order valence-electron chi connectivity index (χ2n) is 5.01. The molecule has 3 N–H and O–H groups in total. The van der Waals surface area contributed by atoms with Crippen molar-refractivity contribution in [2.45, 2.75) is 32.8 Å². The molecule has 0 heterocycles. The standard InChI is InChI=1S/C16H22N2O5/c1-3-4-9-23-11(2)15(21)18-13-7-5-12(6-8-13)16(22)17-10-14(19)20/h5-8,11H,3-4,9-10H2,1-2H3,(H,17,22)(H,18,21)(H,19,20). The van der Waals surface area contributed by atoms with Gasteiger partial charge in [0.15, 0.2) is 0 Å². The van der Waals surface area contributed by atoms with Crippen LogP contribution in [0.4, 0.5) is 5.69 Å². The zero-order valence-electron chi connectivity index (χ0n) is 13.3. The first-order valence-electron chi connectivity index (χ1n) is 7.46. The predicted molar refractivity (Wildman–Crippen MR) is 85.4 cm³/mol. The van der Waals surface area contributed by atoms with Gasteiger partial charge in [-0.25, -0.2) is 0 Å². The van der Waals surface area contributed by atoms with Crippen LogP contribution in [0.3, 0.4) is 0 Å². The van der Waals surface area contributed by atoms with Crippen LogP contribution in [0.15, 0.2) is 24.3 Å². The summed E-state index contributed by atoms with van der Waals surface area (Å²) in [5.74, 6) is -1.86. The Balaban J connectivity index is 2.51. The summed E-state index contributed by atoms with van der Waals surface area (Å²) >= 11 is 0. The van der Waals surface area contributed by atoms with Crippen molar-refractivity contribution in [1.29, 1.82) is 0 Å². The molecule has 0 saturated heterocycles. The van der Waals surface area contributed by atoms with Crippen LogP contribution in [0.2, 0.25) is 0 Å². The number of rotatable bonds is 9. The summed E-state index contributed by atoms with van der Waals surface area (Å²) in [7, 11) is 0. The molecule has 0 fully saturated rings. The van der Waals surface area contributed by atoms with Crippen LogP contribution < -0.4 is 10.6 Å². The molecule has 0 aliphatic heterocycles. The van der Waals surface area contributed by atoms with E-state index in [1.54, 1.807) is 19.1 Å². The first-order valence-corrected chi connectivity index (χ1v) is 7.46. The lowest BCUT2D eigenvalue weighted by atomic mass is 10.2. The second-order valence-corrected chi connectivity index (χ2v) is 5.01. The largest absolute Gasteiger partial charge is 0.480 e. The van der Waals surface area contributed by atoms with E-state index in [0.29, 0.717) is 17.9 Å². The molecule has 0 aromatic heterocycles. The number of carbonyl (C=O) groups is 3. The maximum Gasteiger partial charge on any atom is 0.322 e. The number of aliphatic carboxylic acids is 1. The van der Waals surface area contributed by atoms with Crippen molar-refractivity contribution in [1.82, 2.24) is 5.32 Å². The molecule has 0 saturated carbocycles. The van der Waals surface area contributed by atoms with Crippen molar-refractivity contribution in [3.05, 3.63) is 29.8 Å². The zero-order chi connectivity index (χ0) is 17.2. The molecular formula is C16H22N2O5. The summed E-state index contributed by atoms with van der Waals surface area (Å²) in [4.78, 5) is 34.0. The molecule has 7 heteroatoms. The zero-order valence-corrected chi connectivity index (χ0v) is 13.3. The minimum atomic E-state index is -1.11. The Bertz CT molecular complexity index is 542. The van der Waals surface area contributed by atoms with E-state index in [4.69, 9.17) is 9.84 Å². The lowest BCUT2D eigenvalue weighted by Gasteiger charge is -2.13. The minimum absolute atomic E-state index is 0.260. The highest BCUT2D eigenvalue weighted by Crippen LogP contribution is 2.10. The average Bonchev–Trinajstić information content (AvgIpc) is 2.53. The molecule has 0 spiro atoms. The molecule has 1 atom stereocenters. The maximum absolute atomic E-state index is 11.9. The monoisotopic (exact) mass is 322 g/mol. The Hall–Kier alpha value is -2.41. The maximum atomic E-state index is 11.9. The van der Waals surface area contributed by atoms with Crippen molar-refractivity contribution in [2.75, 3.05) is 18.5 Å². The van der Waals surface area contributed by atoms with Crippen molar-refractivity contribution in [3.63, 3.8) is 0 Å². The van der Waals surface area contributed by atoms with Gasteiger partial charge >= 0.3 is 5.97 Å². The molecule has 0 aliphatic carbocycles. The van der Waals surface area contributed by atoms with E-state index in [9.17, 15) is 14.4 Å². The second kappa shape index (κ2) is 9.58. The van der Waals surface area contributed by atoms with Gasteiger partial charge in [0.25, 0.3) is 11.8 Å². The smallest absolute Gasteiger partial charge is 0.322 e. The van der Waals surface area contributed by atoms with Crippen molar-refractivity contribution >= 4 is 23.5 Å². The fourth-order valence-corrected chi connectivity index (χ4v) is 1.69. The Morgan fingerprint density at radius 2 is 1.87 bits per heavy atom. The summed E-state index contributed by atoms with van der Waals surface area (Å²) in [5, 5.41) is 13.5. The molecule has 0 aliphatic rings. The fourth-order valence-electron chi connectivity index (χ4n) is 1.69. The molecular weight excluding hydrogens is 300 g/mol. The number of hydrogen-bond donors (Lipinski definition) is 3. The molecule has 23 heavy (non-hydrogen) atoms. The Labute approximate surface area is 135 Å². The topological polar surface area (TPSA) is 105 Å². The van der Waals surface area contributed by atoms with Gasteiger partial charge in [-0.3, -0.25) is 14.4 Å². The van der Waals surface area contributed by atoms with Crippen molar-refractivity contribution in [2.24, 2.45) is 0 Å². The minimum Gasteiger partial charge on any atom is -0.480 e. The van der Waals surface area contributed by atoms with E-state index in [2.05, 4.69) is 10.6 Å². The third-order valence-electron chi connectivity index (χ3n) is 3.05. The van der Waals surface area contributed by atoms with Gasteiger partial charge in [0.05, 0.1) is 0 Å². The molecule has 1 aromatic rings. The number of hydrogen-bond acceptors (Lipinski definition) is 4. The average molecular weight is 322 g/mol. The molecule has 1 unspecified atom stereocenters. The molecule has 1 aromatic carbocycles. The number of carboxylic acid groups (broad SMARTS) is 1. The van der Waals surface area contributed by atoms with E-state index in [1.807, 2.05) is 6.92 Å². The Morgan fingerprint density at radius 1 is 1.22 bits per heavy atom. The molecule has 1 rings (SSSR count). The molecule has 0 bridgehead atoms. The molecule has 126 valence electrons. The first-order chi connectivity index (χ1) is 10.9. The molecule has 2 amide bonds. The molecule has 0 radical (unpaired) electrons. The lowest BCUT2D eigenvalue weighted by Crippen LogP contribution is -2.29. The highest BCUT2D eigenvalue weighted by Gasteiger charge is 2.13. The van der Waals surface area contributed by atoms with Gasteiger partial charge in [-0.2, -0.15) is 0 Å². The van der Waals surface area contributed by atoms with Gasteiger partial charge in [-0.05, 0) is 37.6 Å². The quantitative estimate of drug-likeness (QED) is 0.600. The summed E-state index contributed by atoms with van der Waals surface area (Å²) in [5.41, 5.74) is 0.854. The highest BCUT2D eigenvalue weighted by atomic mass is 16.5. The number of nitrogens with one attached hydrogen (secondary N) is 2. The summed E-state index contributed by atoms with van der Waals surface area (Å²) < 4.78 is 5.40. The summed E-state index contributed by atoms with van der Waals surface area (Å²) in [6.45, 7) is 3.82. The number of carbonyl (C=O) groups excluding carboxylic acids is 2. The van der Waals surface area contributed by atoms with E-state index >= 15 is 0 Å². The number of ether oxygens (including phenoxy) is 1. The number of unbranched alkanes of at least 4 members (excludes halogenated alkanes) is 1. The SMILES string of the molecule is CCCCOC(C)C(=O)Nc1ccc(C(=O)NCC(=O)O)cc1. The lowest BCUT2D eigenvalue weighted by molar-refractivity contribution is -0.135. The third kappa shape index (κ3) is 6.92. The van der Waals surface area contributed by atoms with Crippen LogP contribution in [0.5, 0.6) is 0 Å². The normalized spacial score (nSPS) is 11.6. The fraction of sp³-hybridized carbons (Fsp3) is 0.438. The van der Waals surface area contributed by atoms with Gasteiger partial charge in [0.2, 0.25) is 0 Å². The number of anilines is 1. The number of amides is 2.